The van der Waals surface area contributed by atoms with Crippen LogP contribution in [0.2, 0.25) is 0 Å². The number of hydrogen-bond acceptors (Lipinski definition) is 5. The summed E-state index contributed by atoms with van der Waals surface area (Å²) in [7, 11) is 0. The van der Waals surface area contributed by atoms with Crippen LogP contribution in [-0.4, -0.2) is 9.97 Å². The monoisotopic (exact) mass is 288 g/mol. The van der Waals surface area contributed by atoms with Gasteiger partial charge >= 0.3 is 0 Å². The zero-order valence-electron chi connectivity index (χ0n) is 12.1. The van der Waals surface area contributed by atoms with Gasteiger partial charge < -0.3 is 5.43 Å². The molecule has 5 heteroatoms. The number of nitrogens with two attached hydrogens (primary N) is 1. The SMILES string of the molecule is CCCc1nc(NN)cc(Sc2ccc(C)c(C)c2)n1. The first-order valence-electron chi connectivity index (χ1n) is 6.72. The quantitative estimate of drug-likeness (QED) is 0.501. The maximum absolute atomic E-state index is 5.47. The first-order chi connectivity index (χ1) is 9.62. The largest absolute Gasteiger partial charge is 0.308 e. The molecule has 0 unspecified atom stereocenters. The van der Waals surface area contributed by atoms with Gasteiger partial charge in [0.15, 0.2) is 0 Å². The molecule has 3 N–H and O–H groups in total. The average Bonchev–Trinajstić information content (AvgIpc) is 2.43. The molecule has 0 saturated heterocycles. The lowest BCUT2D eigenvalue weighted by molar-refractivity contribution is 0.810. The molecule has 0 fully saturated rings. The Morgan fingerprint density at radius 3 is 2.60 bits per heavy atom. The maximum atomic E-state index is 5.47. The Bertz CT molecular complexity index is 598. The summed E-state index contributed by atoms with van der Waals surface area (Å²) in [5, 5.41) is 0.916. The highest BCUT2D eigenvalue weighted by molar-refractivity contribution is 7.99. The minimum absolute atomic E-state index is 0.662. The second kappa shape index (κ2) is 6.72. The fraction of sp³-hybridized carbons (Fsp3) is 0.333. The highest BCUT2D eigenvalue weighted by Gasteiger charge is 2.06. The van der Waals surface area contributed by atoms with E-state index in [0.29, 0.717) is 5.82 Å². The summed E-state index contributed by atoms with van der Waals surface area (Å²) < 4.78 is 0. The summed E-state index contributed by atoms with van der Waals surface area (Å²) >= 11 is 1.63. The number of benzene rings is 1. The van der Waals surface area contributed by atoms with E-state index in [9.17, 15) is 0 Å². The molecule has 0 amide bonds. The van der Waals surface area contributed by atoms with E-state index in [0.717, 1.165) is 23.7 Å². The van der Waals surface area contributed by atoms with Crippen molar-refractivity contribution in [1.29, 1.82) is 0 Å². The second-order valence-corrected chi connectivity index (χ2v) is 5.84. The lowest BCUT2D eigenvalue weighted by Crippen LogP contribution is -2.10. The molecule has 0 aliphatic carbocycles. The minimum atomic E-state index is 0.662. The molecule has 1 aromatic heterocycles. The van der Waals surface area contributed by atoms with Crippen molar-refractivity contribution >= 4 is 17.6 Å². The number of aryl methyl sites for hydroxylation is 3. The van der Waals surface area contributed by atoms with E-state index in [1.54, 1.807) is 11.8 Å². The predicted octanol–water partition coefficient (Wildman–Crippen LogP) is 3.48. The Morgan fingerprint density at radius 1 is 1.15 bits per heavy atom. The summed E-state index contributed by atoms with van der Waals surface area (Å²) in [5.41, 5.74) is 5.19. The van der Waals surface area contributed by atoms with Gasteiger partial charge in [0.25, 0.3) is 0 Å². The summed E-state index contributed by atoms with van der Waals surface area (Å²) in [6, 6.07) is 8.30. The third-order valence-corrected chi connectivity index (χ3v) is 3.98. The van der Waals surface area contributed by atoms with Crippen LogP contribution >= 0.6 is 11.8 Å². The van der Waals surface area contributed by atoms with Gasteiger partial charge in [-0.05, 0) is 43.5 Å². The summed E-state index contributed by atoms with van der Waals surface area (Å²) in [5.74, 6) is 6.96. The van der Waals surface area contributed by atoms with Gasteiger partial charge in [-0.15, -0.1) is 0 Å². The molecular weight excluding hydrogens is 268 g/mol. The number of rotatable bonds is 5. The van der Waals surface area contributed by atoms with Crippen LogP contribution in [0.4, 0.5) is 5.82 Å². The Kier molecular flexibility index (Phi) is 4.98. The van der Waals surface area contributed by atoms with E-state index in [-0.39, 0.29) is 0 Å². The van der Waals surface area contributed by atoms with Crippen LogP contribution in [0.3, 0.4) is 0 Å². The first-order valence-corrected chi connectivity index (χ1v) is 7.53. The van der Waals surface area contributed by atoms with Gasteiger partial charge in [-0.25, -0.2) is 15.8 Å². The Balaban J connectivity index is 2.27. The number of nitrogen functional groups attached to an aromatic ring is 1. The van der Waals surface area contributed by atoms with Crippen molar-refractivity contribution in [3.8, 4) is 0 Å². The van der Waals surface area contributed by atoms with E-state index in [2.05, 4.69) is 54.4 Å². The van der Waals surface area contributed by atoms with E-state index in [1.807, 2.05) is 6.07 Å². The van der Waals surface area contributed by atoms with Crippen molar-refractivity contribution in [2.24, 2.45) is 5.84 Å². The van der Waals surface area contributed by atoms with Gasteiger partial charge in [-0.3, -0.25) is 0 Å². The molecule has 4 nitrogen and oxygen atoms in total. The summed E-state index contributed by atoms with van der Waals surface area (Å²) in [6.07, 6.45) is 1.87. The molecule has 0 saturated carbocycles. The molecule has 2 aromatic rings. The summed E-state index contributed by atoms with van der Waals surface area (Å²) in [6.45, 7) is 6.35. The molecule has 0 aliphatic rings. The smallest absolute Gasteiger partial charge is 0.144 e. The standard InChI is InChI=1S/C15H20N4S/c1-4-5-13-17-14(19-16)9-15(18-13)20-12-7-6-10(2)11(3)8-12/h6-9H,4-5,16H2,1-3H3,(H,17,18,19). The predicted molar refractivity (Wildman–Crippen MR) is 83.9 cm³/mol. The topological polar surface area (TPSA) is 63.8 Å². The van der Waals surface area contributed by atoms with E-state index in [4.69, 9.17) is 5.84 Å². The van der Waals surface area contributed by atoms with Crippen LogP contribution < -0.4 is 11.3 Å². The molecule has 0 bridgehead atoms. The molecule has 0 spiro atoms. The van der Waals surface area contributed by atoms with Crippen LogP contribution in [0.1, 0.15) is 30.3 Å². The third-order valence-electron chi connectivity index (χ3n) is 3.07. The number of nitrogens with zero attached hydrogens (tertiary/aromatic N) is 2. The van der Waals surface area contributed by atoms with Crippen LogP contribution in [-0.2, 0) is 6.42 Å². The minimum Gasteiger partial charge on any atom is -0.308 e. The fourth-order valence-corrected chi connectivity index (χ4v) is 2.77. The molecule has 0 radical (unpaired) electrons. The first kappa shape index (κ1) is 14.8. The van der Waals surface area contributed by atoms with Gasteiger partial charge in [-0.1, -0.05) is 24.8 Å². The number of hydrazine groups is 1. The third kappa shape index (κ3) is 3.71. The van der Waals surface area contributed by atoms with Crippen LogP contribution in [0.5, 0.6) is 0 Å². The Morgan fingerprint density at radius 2 is 1.95 bits per heavy atom. The molecule has 20 heavy (non-hydrogen) atoms. The van der Waals surface area contributed by atoms with Crippen molar-refractivity contribution < 1.29 is 0 Å². The fourth-order valence-electron chi connectivity index (χ4n) is 1.83. The van der Waals surface area contributed by atoms with Crippen LogP contribution in [0.25, 0.3) is 0 Å². The van der Waals surface area contributed by atoms with Crippen molar-refractivity contribution in [3.05, 3.63) is 41.2 Å². The number of aromatic nitrogens is 2. The Labute approximate surface area is 124 Å². The molecule has 1 heterocycles. The molecule has 106 valence electrons. The van der Waals surface area contributed by atoms with E-state index >= 15 is 0 Å². The van der Waals surface area contributed by atoms with Crippen molar-refractivity contribution in [2.45, 2.75) is 43.5 Å². The zero-order chi connectivity index (χ0) is 14.5. The number of nitrogens with one attached hydrogen (secondary N) is 1. The average molecular weight is 288 g/mol. The maximum Gasteiger partial charge on any atom is 0.144 e. The lowest BCUT2D eigenvalue weighted by atomic mass is 10.1. The second-order valence-electron chi connectivity index (χ2n) is 4.75. The summed E-state index contributed by atoms with van der Waals surface area (Å²) in [4.78, 5) is 10.1. The molecule has 2 rings (SSSR count). The van der Waals surface area contributed by atoms with Gasteiger partial charge in [-0.2, -0.15) is 0 Å². The van der Waals surface area contributed by atoms with E-state index < -0.39 is 0 Å². The molecular formula is C15H20N4S. The van der Waals surface area contributed by atoms with Crippen molar-refractivity contribution in [2.75, 3.05) is 5.43 Å². The Hall–Kier alpha value is -1.59. The number of hydrogen-bond donors (Lipinski definition) is 2. The normalized spacial score (nSPS) is 10.6. The molecule has 0 aliphatic heterocycles. The zero-order valence-corrected chi connectivity index (χ0v) is 12.9. The van der Waals surface area contributed by atoms with Crippen molar-refractivity contribution in [3.63, 3.8) is 0 Å². The van der Waals surface area contributed by atoms with Gasteiger partial charge in [0.05, 0.1) is 0 Å². The van der Waals surface area contributed by atoms with Crippen molar-refractivity contribution in [1.82, 2.24) is 9.97 Å². The molecule has 0 atom stereocenters. The highest BCUT2D eigenvalue weighted by atomic mass is 32.2. The van der Waals surface area contributed by atoms with Gasteiger partial charge in [0.2, 0.25) is 0 Å². The van der Waals surface area contributed by atoms with Gasteiger partial charge in [0.1, 0.15) is 16.7 Å². The highest BCUT2D eigenvalue weighted by Crippen LogP contribution is 2.28. The molecule has 1 aromatic carbocycles. The van der Waals surface area contributed by atoms with Crippen LogP contribution in [0.15, 0.2) is 34.2 Å². The number of anilines is 1. The van der Waals surface area contributed by atoms with E-state index in [1.165, 1.54) is 16.0 Å². The van der Waals surface area contributed by atoms with Gasteiger partial charge in [0, 0.05) is 17.4 Å². The van der Waals surface area contributed by atoms with Crippen LogP contribution in [0, 0.1) is 13.8 Å². The lowest BCUT2D eigenvalue weighted by Gasteiger charge is -2.08.